The van der Waals surface area contributed by atoms with E-state index in [9.17, 15) is 4.79 Å². The minimum Gasteiger partial charge on any atom is -0.396 e. The summed E-state index contributed by atoms with van der Waals surface area (Å²) in [7, 11) is 0. The van der Waals surface area contributed by atoms with Crippen LogP contribution >= 0.6 is 15.9 Å². The van der Waals surface area contributed by atoms with Crippen LogP contribution in [-0.2, 0) is 0 Å². The van der Waals surface area contributed by atoms with Crippen LogP contribution in [0.2, 0.25) is 0 Å². The van der Waals surface area contributed by atoms with Crippen molar-refractivity contribution in [3.8, 4) is 0 Å². The van der Waals surface area contributed by atoms with Crippen LogP contribution in [0.15, 0.2) is 35.2 Å². The molecule has 2 atom stereocenters. The summed E-state index contributed by atoms with van der Waals surface area (Å²) in [6.07, 6.45) is 9.44. The Morgan fingerprint density at radius 2 is 2.35 bits per heavy atom. The number of hydrogen-bond donors (Lipinski definition) is 2. The minimum absolute atomic E-state index is 0.0509. The first-order valence-electron chi connectivity index (χ1n) is 6.26. The molecule has 2 N–H and O–H groups in total. The summed E-state index contributed by atoms with van der Waals surface area (Å²) in [5, 5.41) is 16.1. The van der Waals surface area contributed by atoms with E-state index in [1.165, 1.54) is 6.20 Å². The number of nitrogens with zero attached hydrogens (tertiary/aromatic N) is 3. The number of hydrogen-bond acceptors (Lipinski definition) is 4. The van der Waals surface area contributed by atoms with Gasteiger partial charge in [-0.25, -0.2) is 9.50 Å². The predicted molar refractivity (Wildman–Crippen MR) is 76.3 cm³/mol. The Kier molecular flexibility index (Phi) is 3.54. The first kappa shape index (κ1) is 13.3. The zero-order chi connectivity index (χ0) is 14.1. The van der Waals surface area contributed by atoms with Gasteiger partial charge in [-0.2, -0.15) is 5.10 Å². The highest BCUT2D eigenvalue weighted by Gasteiger charge is 2.22. The number of rotatable bonds is 3. The lowest BCUT2D eigenvalue weighted by Gasteiger charge is -2.11. The molecule has 1 aliphatic carbocycles. The van der Waals surface area contributed by atoms with Crippen LogP contribution in [0.25, 0.3) is 5.65 Å². The number of halogens is 1. The Morgan fingerprint density at radius 3 is 3.10 bits per heavy atom. The highest BCUT2D eigenvalue weighted by Crippen LogP contribution is 2.18. The molecule has 1 amide bonds. The van der Waals surface area contributed by atoms with Gasteiger partial charge in [-0.1, -0.05) is 12.2 Å². The Balaban J connectivity index is 1.78. The molecule has 0 saturated carbocycles. The van der Waals surface area contributed by atoms with Crippen LogP contribution in [0.5, 0.6) is 0 Å². The number of carbonyl (C=O) groups excluding carboxylic acids is 1. The number of aliphatic hydroxyl groups excluding tert-OH is 1. The molecule has 2 aromatic rings. The standard InChI is InChI=1S/C13H13BrN4O2/c14-9-4-15-12-11(5-16-18(12)6-9)13(20)17-10-2-1-8(3-10)7-19/h1-2,4-6,8,10,19H,3,7H2,(H,17,20)/t8-,10+/m0/s1. The Hall–Kier alpha value is -1.73. The minimum atomic E-state index is -0.205. The van der Waals surface area contributed by atoms with E-state index in [4.69, 9.17) is 5.11 Å². The Labute approximate surface area is 123 Å². The SMILES string of the molecule is O=C(N[C@@H]1C=C[C@H](CO)C1)c1cnn2cc(Br)cnc12. The Morgan fingerprint density at radius 1 is 1.50 bits per heavy atom. The van der Waals surface area contributed by atoms with Crippen LogP contribution in [0.3, 0.4) is 0 Å². The topological polar surface area (TPSA) is 79.5 Å². The van der Waals surface area contributed by atoms with Gasteiger partial charge in [0.15, 0.2) is 5.65 Å². The first-order chi connectivity index (χ1) is 9.67. The first-order valence-corrected chi connectivity index (χ1v) is 7.05. The van der Waals surface area contributed by atoms with Gasteiger partial charge in [-0.05, 0) is 22.4 Å². The fraction of sp³-hybridized carbons (Fsp3) is 0.308. The summed E-state index contributed by atoms with van der Waals surface area (Å²) >= 11 is 3.31. The summed E-state index contributed by atoms with van der Waals surface area (Å²) in [6.45, 7) is 0.106. The average molecular weight is 337 g/mol. The van der Waals surface area contributed by atoms with Gasteiger partial charge in [0.05, 0.1) is 10.7 Å². The van der Waals surface area contributed by atoms with E-state index in [0.717, 1.165) is 10.9 Å². The quantitative estimate of drug-likeness (QED) is 0.824. The highest BCUT2D eigenvalue weighted by molar-refractivity contribution is 9.10. The number of amides is 1. The third-order valence-electron chi connectivity index (χ3n) is 3.29. The maximum atomic E-state index is 12.2. The summed E-state index contributed by atoms with van der Waals surface area (Å²) < 4.78 is 2.35. The number of fused-ring (bicyclic) bond motifs is 1. The molecular weight excluding hydrogens is 324 g/mol. The number of aliphatic hydroxyl groups is 1. The van der Waals surface area contributed by atoms with E-state index >= 15 is 0 Å². The van der Waals surface area contributed by atoms with Crippen LogP contribution in [0.4, 0.5) is 0 Å². The van der Waals surface area contributed by atoms with Crippen molar-refractivity contribution in [2.24, 2.45) is 5.92 Å². The van der Waals surface area contributed by atoms with E-state index in [-0.39, 0.29) is 24.5 Å². The molecule has 0 bridgehead atoms. The van der Waals surface area contributed by atoms with Gasteiger partial charge in [-0.3, -0.25) is 4.79 Å². The summed E-state index contributed by atoms with van der Waals surface area (Å²) in [4.78, 5) is 16.4. The molecule has 2 heterocycles. The zero-order valence-corrected chi connectivity index (χ0v) is 12.1. The maximum Gasteiger partial charge on any atom is 0.257 e. The van der Waals surface area contributed by atoms with Crippen molar-refractivity contribution in [2.75, 3.05) is 6.61 Å². The Bertz CT molecular complexity index is 682. The molecule has 0 aliphatic heterocycles. The van der Waals surface area contributed by atoms with Gasteiger partial charge in [0.1, 0.15) is 5.56 Å². The second-order valence-electron chi connectivity index (χ2n) is 4.74. The maximum absolute atomic E-state index is 12.2. The van der Waals surface area contributed by atoms with Crippen LogP contribution in [0, 0.1) is 5.92 Å². The molecule has 0 spiro atoms. The van der Waals surface area contributed by atoms with Crippen LogP contribution in [0.1, 0.15) is 16.8 Å². The molecule has 3 rings (SSSR count). The van der Waals surface area contributed by atoms with Gasteiger partial charge in [0.2, 0.25) is 0 Å². The van der Waals surface area contributed by atoms with E-state index in [2.05, 4.69) is 31.3 Å². The van der Waals surface area contributed by atoms with Crippen molar-refractivity contribution in [1.82, 2.24) is 19.9 Å². The average Bonchev–Trinajstić information content (AvgIpc) is 3.04. The molecule has 104 valence electrons. The largest absolute Gasteiger partial charge is 0.396 e. The second kappa shape index (κ2) is 5.34. The lowest BCUT2D eigenvalue weighted by molar-refractivity contribution is 0.0942. The molecule has 7 heteroatoms. The molecular formula is C13H13BrN4O2. The van der Waals surface area contributed by atoms with Gasteiger partial charge in [0.25, 0.3) is 5.91 Å². The third kappa shape index (κ3) is 2.46. The van der Waals surface area contributed by atoms with E-state index < -0.39 is 0 Å². The number of nitrogens with one attached hydrogen (secondary N) is 1. The molecule has 2 aromatic heterocycles. The van der Waals surface area contributed by atoms with Gasteiger partial charge in [0, 0.05) is 31.0 Å². The normalized spacial score (nSPS) is 21.5. The fourth-order valence-corrected chi connectivity index (χ4v) is 2.57. The molecule has 0 saturated heterocycles. The van der Waals surface area contributed by atoms with Gasteiger partial charge in [-0.15, -0.1) is 0 Å². The van der Waals surface area contributed by atoms with Crippen LogP contribution < -0.4 is 5.32 Å². The van der Waals surface area contributed by atoms with Crippen molar-refractivity contribution in [3.05, 3.63) is 40.8 Å². The van der Waals surface area contributed by atoms with E-state index in [0.29, 0.717) is 11.2 Å². The third-order valence-corrected chi connectivity index (χ3v) is 3.70. The van der Waals surface area contributed by atoms with Crippen molar-refractivity contribution in [1.29, 1.82) is 0 Å². The summed E-state index contributed by atoms with van der Waals surface area (Å²) in [5.74, 6) is -0.0821. The smallest absolute Gasteiger partial charge is 0.257 e. The molecule has 1 aliphatic rings. The van der Waals surface area contributed by atoms with E-state index in [1.54, 1.807) is 16.9 Å². The lowest BCUT2D eigenvalue weighted by atomic mass is 10.1. The van der Waals surface area contributed by atoms with E-state index in [1.807, 2.05) is 12.2 Å². The number of carbonyl (C=O) groups is 1. The van der Waals surface area contributed by atoms with Crippen molar-refractivity contribution in [2.45, 2.75) is 12.5 Å². The molecule has 0 radical (unpaired) electrons. The van der Waals surface area contributed by atoms with Gasteiger partial charge < -0.3 is 10.4 Å². The molecule has 0 aromatic carbocycles. The number of aromatic nitrogens is 3. The molecule has 6 nitrogen and oxygen atoms in total. The molecule has 20 heavy (non-hydrogen) atoms. The fourth-order valence-electron chi connectivity index (χ4n) is 2.28. The van der Waals surface area contributed by atoms with Crippen molar-refractivity contribution >= 4 is 27.5 Å². The van der Waals surface area contributed by atoms with Crippen molar-refractivity contribution in [3.63, 3.8) is 0 Å². The molecule has 0 fully saturated rings. The summed E-state index contributed by atoms with van der Waals surface area (Å²) in [6, 6.07) is -0.0509. The zero-order valence-electron chi connectivity index (χ0n) is 10.5. The van der Waals surface area contributed by atoms with Crippen molar-refractivity contribution < 1.29 is 9.90 Å². The van der Waals surface area contributed by atoms with Crippen LogP contribution in [-0.4, -0.2) is 38.3 Å². The summed E-state index contributed by atoms with van der Waals surface area (Å²) in [5.41, 5.74) is 0.963. The second-order valence-corrected chi connectivity index (χ2v) is 5.66. The van der Waals surface area contributed by atoms with Gasteiger partial charge >= 0.3 is 0 Å². The lowest BCUT2D eigenvalue weighted by Crippen LogP contribution is -2.32. The molecule has 0 unspecified atom stereocenters. The monoisotopic (exact) mass is 336 g/mol. The predicted octanol–water partition coefficient (Wildman–Crippen LogP) is 1.16. The highest BCUT2D eigenvalue weighted by atomic mass is 79.9.